The van der Waals surface area contributed by atoms with Gasteiger partial charge in [0.05, 0.1) is 5.69 Å². The van der Waals surface area contributed by atoms with Crippen molar-refractivity contribution >= 4 is 17.3 Å². The van der Waals surface area contributed by atoms with Crippen molar-refractivity contribution in [3.8, 4) is 6.19 Å². The van der Waals surface area contributed by atoms with E-state index in [1.54, 1.807) is 0 Å². The number of hydrogen-bond donors (Lipinski definition) is 4. The first-order valence-corrected chi connectivity index (χ1v) is 9.83. The van der Waals surface area contributed by atoms with Crippen LogP contribution in [0.25, 0.3) is 0 Å². The third-order valence-corrected chi connectivity index (χ3v) is 6.26. The number of benzene rings is 2. The van der Waals surface area contributed by atoms with Gasteiger partial charge in [0.1, 0.15) is 0 Å². The number of aliphatic imine (C=N–C) groups is 1. The summed E-state index contributed by atoms with van der Waals surface area (Å²) in [5, 5.41) is 7.10. The van der Waals surface area contributed by atoms with Crippen molar-refractivity contribution in [3.05, 3.63) is 55.6 Å². The SMILES string of the molecule is C.Cc1c(C)c(C)c(N)c(C)c1C.Cc1c(C)c(C)c(N=C(N)N)c(C)c1C.N#CN. The van der Waals surface area contributed by atoms with Gasteiger partial charge in [-0.3, -0.25) is 0 Å². The van der Waals surface area contributed by atoms with Gasteiger partial charge in [0.25, 0.3) is 0 Å². The molecule has 2 aromatic rings. The van der Waals surface area contributed by atoms with Gasteiger partial charge in [-0.15, -0.1) is 0 Å². The highest BCUT2D eigenvalue weighted by Gasteiger charge is 2.11. The lowest BCUT2D eigenvalue weighted by atomic mass is 9.93. The van der Waals surface area contributed by atoms with Crippen LogP contribution in [0, 0.1) is 80.7 Å². The standard InChI is InChI=1S/C12H19N3.C11H17N.CH2N2.CH4/c1-6-7(2)9(4)11(15-12(13)14)10(5)8(6)3;1-6-7(2)9(4)11(12)10(5)8(6)3;2-1-3;/h1-5H3,(H4,13,14,15);12H2,1-5H3;2H2;1H4. The Morgan fingerprint density at radius 2 is 0.839 bits per heavy atom. The van der Waals surface area contributed by atoms with Crippen molar-refractivity contribution in [2.75, 3.05) is 5.73 Å². The minimum absolute atomic E-state index is 0. The fourth-order valence-corrected chi connectivity index (χ4v) is 3.31. The van der Waals surface area contributed by atoms with Crippen LogP contribution in [-0.4, -0.2) is 5.96 Å². The smallest absolute Gasteiger partial charge is 0.191 e. The molecule has 0 unspecified atom stereocenters. The summed E-state index contributed by atoms with van der Waals surface area (Å²) in [6.07, 6.45) is 1.25. The Bertz CT molecular complexity index is 857. The summed E-state index contributed by atoms with van der Waals surface area (Å²) >= 11 is 0. The van der Waals surface area contributed by atoms with E-state index < -0.39 is 0 Å². The molecular weight excluding hydrogens is 384 g/mol. The molecule has 0 heterocycles. The summed E-state index contributed by atoms with van der Waals surface area (Å²) in [5.74, 6) is 0.115. The van der Waals surface area contributed by atoms with Crippen LogP contribution in [0.5, 0.6) is 0 Å². The monoisotopic (exact) mass is 426 g/mol. The van der Waals surface area contributed by atoms with E-state index in [1.807, 2.05) is 0 Å². The van der Waals surface area contributed by atoms with Gasteiger partial charge in [0.2, 0.25) is 0 Å². The summed E-state index contributed by atoms with van der Waals surface area (Å²) < 4.78 is 0. The molecule has 0 radical (unpaired) electrons. The lowest BCUT2D eigenvalue weighted by Gasteiger charge is -2.15. The molecule has 0 amide bonds. The van der Waals surface area contributed by atoms with Crippen LogP contribution >= 0.6 is 0 Å². The van der Waals surface area contributed by atoms with Crippen molar-refractivity contribution in [3.63, 3.8) is 0 Å². The first-order chi connectivity index (χ1) is 13.7. The molecular formula is C25H42N6. The second kappa shape index (κ2) is 12.5. The molecule has 0 aliphatic carbocycles. The average Bonchev–Trinajstić information content (AvgIpc) is 2.70. The van der Waals surface area contributed by atoms with Crippen LogP contribution in [0.2, 0.25) is 0 Å². The zero-order valence-corrected chi connectivity index (χ0v) is 20.2. The van der Waals surface area contributed by atoms with Crippen LogP contribution in [0.3, 0.4) is 0 Å². The molecule has 0 aliphatic heterocycles. The maximum Gasteiger partial charge on any atom is 0.191 e. The molecule has 2 aromatic carbocycles. The highest BCUT2D eigenvalue weighted by molar-refractivity contribution is 5.81. The zero-order chi connectivity index (χ0) is 23.9. The lowest BCUT2D eigenvalue weighted by molar-refractivity contribution is 1.16. The quantitative estimate of drug-likeness (QED) is 0.167. The number of nitrogen functional groups attached to an aromatic ring is 1. The van der Waals surface area contributed by atoms with Crippen LogP contribution in [-0.2, 0) is 0 Å². The van der Waals surface area contributed by atoms with Crippen molar-refractivity contribution in [2.45, 2.75) is 76.7 Å². The number of nitrogens with zero attached hydrogens (tertiary/aromatic N) is 2. The highest BCUT2D eigenvalue weighted by Crippen LogP contribution is 2.32. The first kappa shape index (κ1) is 30.0. The Morgan fingerprint density at radius 1 is 0.613 bits per heavy atom. The second-order valence-electron chi connectivity index (χ2n) is 7.68. The van der Waals surface area contributed by atoms with E-state index in [1.165, 1.54) is 50.7 Å². The summed E-state index contributed by atoms with van der Waals surface area (Å²) in [6, 6.07) is 0. The molecule has 0 saturated carbocycles. The molecule has 31 heavy (non-hydrogen) atoms. The summed E-state index contributed by atoms with van der Waals surface area (Å²) in [6.45, 7) is 21.0. The predicted octanol–water partition coefficient (Wildman–Crippen LogP) is 5.01. The number of rotatable bonds is 1. The normalized spacial score (nSPS) is 9.19. The minimum atomic E-state index is 0. The summed E-state index contributed by atoms with van der Waals surface area (Å²) in [4.78, 5) is 4.19. The molecule has 0 fully saturated rings. The molecule has 172 valence electrons. The Hall–Kier alpha value is -3.20. The van der Waals surface area contributed by atoms with Gasteiger partial charge >= 0.3 is 0 Å². The third-order valence-electron chi connectivity index (χ3n) is 6.26. The molecule has 0 atom stereocenters. The van der Waals surface area contributed by atoms with E-state index in [2.05, 4.69) is 80.0 Å². The van der Waals surface area contributed by atoms with Gasteiger partial charge in [-0.05, 0) is 125 Å². The van der Waals surface area contributed by atoms with Crippen molar-refractivity contribution in [2.24, 2.45) is 22.2 Å². The minimum Gasteiger partial charge on any atom is -0.398 e. The van der Waals surface area contributed by atoms with Gasteiger partial charge in [-0.25, -0.2) is 4.99 Å². The molecule has 6 nitrogen and oxygen atoms in total. The second-order valence-corrected chi connectivity index (χ2v) is 7.68. The predicted molar refractivity (Wildman–Crippen MR) is 137 cm³/mol. The Balaban J connectivity index is 0. The van der Waals surface area contributed by atoms with E-state index in [0.29, 0.717) is 0 Å². The molecule has 2 rings (SSSR count). The van der Waals surface area contributed by atoms with E-state index in [4.69, 9.17) is 22.5 Å². The number of guanidine groups is 1. The highest BCUT2D eigenvalue weighted by atomic mass is 15.0. The van der Waals surface area contributed by atoms with Gasteiger partial charge in [0, 0.05) is 5.69 Å². The maximum atomic E-state index is 7.10. The number of hydrogen-bond acceptors (Lipinski definition) is 4. The molecule has 0 aromatic heterocycles. The maximum absolute atomic E-state index is 7.10. The van der Waals surface area contributed by atoms with Gasteiger partial charge in [0.15, 0.2) is 12.2 Å². The largest absolute Gasteiger partial charge is 0.398 e. The molecule has 6 heteroatoms. The number of nitriles is 1. The van der Waals surface area contributed by atoms with Crippen molar-refractivity contribution in [1.82, 2.24) is 0 Å². The fourth-order valence-electron chi connectivity index (χ4n) is 3.31. The van der Waals surface area contributed by atoms with Crippen LogP contribution in [0.4, 0.5) is 11.4 Å². The van der Waals surface area contributed by atoms with Gasteiger partial charge in [-0.2, -0.15) is 5.26 Å². The Morgan fingerprint density at radius 3 is 1.10 bits per heavy atom. The van der Waals surface area contributed by atoms with Crippen molar-refractivity contribution < 1.29 is 0 Å². The van der Waals surface area contributed by atoms with Crippen LogP contribution in [0.1, 0.15) is 63.1 Å². The molecule has 0 saturated heterocycles. The Kier molecular flexibility index (Phi) is 12.1. The van der Waals surface area contributed by atoms with E-state index in [0.717, 1.165) is 22.5 Å². The van der Waals surface area contributed by atoms with Crippen LogP contribution in [0.15, 0.2) is 4.99 Å². The van der Waals surface area contributed by atoms with Crippen LogP contribution < -0.4 is 22.9 Å². The zero-order valence-electron chi connectivity index (χ0n) is 20.2. The third kappa shape index (κ3) is 6.92. The van der Waals surface area contributed by atoms with E-state index in [9.17, 15) is 0 Å². The number of anilines is 1. The van der Waals surface area contributed by atoms with Gasteiger partial charge in [-0.1, -0.05) is 7.43 Å². The lowest BCUT2D eigenvalue weighted by Crippen LogP contribution is -2.22. The van der Waals surface area contributed by atoms with E-state index in [-0.39, 0.29) is 13.4 Å². The topological polar surface area (TPSA) is 140 Å². The Labute approximate surface area is 189 Å². The molecule has 0 bridgehead atoms. The van der Waals surface area contributed by atoms with E-state index >= 15 is 0 Å². The fraction of sp³-hybridized carbons (Fsp3) is 0.440. The molecule has 8 N–H and O–H groups in total. The molecule has 0 spiro atoms. The van der Waals surface area contributed by atoms with Crippen molar-refractivity contribution in [1.29, 1.82) is 5.26 Å². The average molecular weight is 427 g/mol. The number of nitrogens with two attached hydrogens (primary N) is 4. The summed E-state index contributed by atoms with van der Waals surface area (Å²) in [5.41, 5.74) is 35.5. The first-order valence-electron chi connectivity index (χ1n) is 9.83. The molecule has 0 aliphatic rings. The summed E-state index contributed by atoms with van der Waals surface area (Å²) in [7, 11) is 0. The van der Waals surface area contributed by atoms with Gasteiger partial charge < -0.3 is 22.9 Å².